The molecule has 2 atom stereocenters. The third-order valence-electron chi connectivity index (χ3n) is 5.51. The summed E-state index contributed by atoms with van der Waals surface area (Å²) >= 11 is 0. The average molecular weight is 416 g/mol. The number of morpholine rings is 1. The number of hydrogen-bond donors (Lipinski definition) is 1. The number of rotatable bonds is 4. The molecule has 0 saturated carbocycles. The van der Waals surface area contributed by atoms with Gasteiger partial charge < -0.3 is 14.8 Å². The predicted molar refractivity (Wildman–Crippen MR) is 109 cm³/mol. The number of carbonyl (C=O) groups is 1. The van der Waals surface area contributed by atoms with Crippen molar-refractivity contribution in [1.29, 1.82) is 0 Å². The minimum absolute atomic E-state index is 0.0172. The molecule has 2 aliphatic rings. The fraction of sp³-hybridized carbons (Fsp3) is 0.381. The summed E-state index contributed by atoms with van der Waals surface area (Å²) in [4.78, 5) is 13.0. The third kappa shape index (κ3) is 3.75. The van der Waals surface area contributed by atoms with Crippen molar-refractivity contribution in [1.82, 2.24) is 4.31 Å². The lowest BCUT2D eigenvalue weighted by atomic mass is 9.97. The largest absolute Gasteiger partial charge is 0.489 e. The molecule has 0 aliphatic carbocycles. The van der Waals surface area contributed by atoms with E-state index in [1.165, 1.54) is 16.4 Å². The quantitative estimate of drug-likeness (QED) is 0.829. The molecule has 2 aromatic carbocycles. The standard InChI is InChI=1S/C21H24N2O5S/c1-14-15(2)28-20-18(14)4-3-5-19(20)21(24)22-16-6-8-17(9-7-16)29(25,26)23-10-12-27-13-11-23/h3-9,14-15H,10-13H2,1-2H3,(H,22,24)/t14-,15+/m0/s1. The molecule has 7 nitrogen and oxygen atoms in total. The summed E-state index contributed by atoms with van der Waals surface area (Å²) in [5.74, 6) is 0.561. The van der Waals surface area contributed by atoms with Crippen molar-refractivity contribution < 1.29 is 22.7 Å². The Morgan fingerprint density at radius 2 is 1.76 bits per heavy atom. The molecular weight excluding hydrogens is 392 g/mol. The Hall–Kier alpha value is -2.42. The number of amides is 1. The predicted octanol–water partition coefficient (Wildman–Crippen LogP) is 2.84. The lowest BCUT2D eigenvalue weighted by molar-refractivity contribution is 0.0730. The Balaban J connectivity index is 1.51. The highest BCUT2D eigenvalue weighted by Gasteiger charge is 2.31. The van der Waals surface area contributed by atoms with Crippen molar-refractivity contribution >= 4 is 21.6 Å². The van der Waals surface area contributed by atoms with Gasteiger partial charge in [-0.25, -0.2) is 8.42 Å². The SMILES string of the molecule is C[C@@H]1c2cccc(C(=O)Nc3ccc(S(=O)(=O)N4CCOCC4)cc3)c2O[C@@H]1C. The van der Waals surface area contributed by atoms with Crippen molar-refractivity contribution in [2.24, 2.45) is 0 Å². The maximum atomic E-state index is 12.8. The third-order valence-corrected chi connectivity index (χ3v) is 7.42. The van der Waals surface area contributed by atoms with Gasteiger partial charge in [0.1, 0.15) is 11.9 Å². The summed E-state index contributed by atoms with van der Waals surface area (Å²) in [5.41, 5.74) is 2.02. The number of nitrogens with one attached hydrogen (secondary N) is 1. The molecule has 1 fully saturated rings. The van der Waals surface area contributed by atoms with Gasteiger partial charge in [0.25, 0.3) is 5.91 Å². The fourth-order valence-electron chi connectivity index (χ4n) is 3.61. The van der Waals surface area contributed by atoms with E-state index in [2.05, 4.69) is 12.2 Å². The van der Waals surface area contributed by atoms with Gasteiger partial charge in [0.2, 0.25) is 10.0 Å². The van der Waals surface area contributed by atoms with Crippen LogP contribution in [-0.4, -0.2) is 51.0 Å². The summed E-state index contributed by atoms with van der Waals surface area (Å²) in [6, 6.07) is 11.8. The smallest absolute Gasteiger partial charge is 0.259 e. The zero-order chi connectivity index (χ0) is 20.6. The van der Waals surface area contributed by atoms with Crippen LogP contribution in [0, 0.1) is 0 Å². The van der Waals surface area contributed by atoms with E-state index >= 15 is 0 Å². The van der Waals surface area contributed by atoms with E-state index in [4.69, 9.17) is 9.47 Å². The number of nitrogens with zero attached hydrogens (tertiary/aromatic N) is 1. The molecule has 1 saturated heterocycles. The van der Waals surface area contributed by atoms with Crippen LogP contribution in [0.5, 0.6) is 5.75 Å². The number of sulfonamides is 1. The molecule has 4 rings (SSSR count). The van der Waals surface area contributed by atoms with Crippen LogP contribution in [0.15, 0.2) is 47.4 Å². The Labute approximate surface area is 170 Å². The van der Waals surface area contributed by atoms with Gasteiger partial charge in [-0.2, -0.15) is 4.31 Å². The summed E-state index contributed by atoms with van der Waals surface area (Å²) in [7, 11) is -3.56. The van der Waals surface area contributed by atoms with Crippen LogP contribution in [0.3, 0.4) is 0 Å². The first-order chi connectivity index (χ1) is 13.9. The second-order valence-corrected chi connectivity index (χ2v) is 9.27. The molecule has 0 aromatic heterocycles. The van der Waals surface area contributed by atoms with E-state index in [9.17, 15) is 13.2 Å². The van der Waals surface area contributed by atoms with Gasteiger partial charge in [-0.15, -0.1) is 0 Å². The van der Waals surface area contributed by atoms with Gasteiger partial charge in [0.15, 0.2) is 0 Å². The first-order valence-electron chi connectivity index (χ1n) is 9.67. The molecule has 0 unspecified atom stereocenters. The van der Waals surface area contributed by atoms with Crippen molar-refractivity contribution in [3.05, 3.63) is 53.6 Å². The molecule has 154 valence electrons. The fourth-order valence-corrected chi connectivity index (χ4v) is 5.02. The Morgan fingerprint density at radius 1 is 1.07 bits per heavy atom. The van der Waals surface area contributed by atoms with Crippen molar-refractivity contribution in [3.8, 4) is 5.75 Å². The second-order valence-electron chi connectivity index (χ2n) is 7.33. The highest BCUT2D eigenvalue weighted by atomic mass is 32.2. The zero-order valence-electron chi connectivity index (χ0n) is 16.4. The van der Waals surface area contributed by atoms with Crippen molar-refractivity contribution in [2.75, 3.05) is 31.6 Å². The average Bonchev–Trinajstić information content (AvgIpc) is 3.03. The summed E-state index contributed by atoms with van der Waals surface area (Å²) in [6.45, 7) is 5.54. The summed E-state index contributed by atoms with van der Waals surface area (Å²) in [5, 5.41) is 2.83. The van der Waals surface area contributed by atoms with E-state index in [1.807, 2.05) is 19.1 Å². The van der Waals surface area contributed by atoms with Crippen LogP contribution in [0.1, 0.15) is 35.7 Å². The first-order valence-corrected chi connectivity index (χ1v) is 11.1. The lowest BCUT2D eigenvalue weighted by Gasteiger charge is -2.26. The lowest BCUT2D eigenvalue weighted by Crippen LogP contribution is -2.40. The van der Waals surface area contributed by atoms with Gasteiger partial charge in [0.05, 0.1) is 23.7 Å². The molecule has 1 N–H and O–H groups in total. The van der Waals surface area contributed by atoms with Gasteiger partial charge in [-0.05, 0) is 37.3 Å². The minimum Gasteiger partial charge on any atom is -0.489 e. The molecule has 1 amide bonds. The van der Waals surface area contributed by atoms with E-state index < -0.39 is 10.0 Å². The van der Waals surface area contributed by atoms with E-state index in [1.54, 1.807) is 18.2 Å². The van der Waals surface area contributed by atoms with Crippen LogP contribution in [0.4, 0.5) is 5.69 Å². The second kappa shape index (κ2) is 7.78. The first kappa shape index (κ1) is 19.9. The molecule has 8 heteroatoms. The molecule has 0 radical (unpaired) electrons. The van der Waals surface area contributed by atoms with E-state index in [0.717, 1.165) is 5.56 Å². The maximum absolute atomic E-state index is 12.8. The normalized spacial score (nSPS) is 22.0. The monoisotopic (exact) mass is 416 g/mol. The van der Waals surface area contributed by atoms with Gasteiger partial charge in [0, 0.05) is 30.3 Å². The van der Waals surface area contributed by atoms with E-state index in [0.29, 0.717) is 43.3 Å². The summed E-state index contributed by atoms with van der Waals surface area (Å²) < 4.78 is 37.9. The molecule has 2 heterocycles. The number of para-hydroxylation sites is 1. The number of carbonyl (C=O) groups excluding carboxylic acids is 1. The molecule has 0 bridgehead atoms. The van der Waals surface area contributed by atoms with Gasteiger partial charge in [-0.1, -0.05) is 19.1 Å². The number of anilines is 1. The molecular formula is C21H24N2O5S. The maximum Gasteiger partial charge on any atom is 0.259 e. The molecule has 2 aliphatic heterocycles. The highest BCUT2D eigenvalue weighted by Crippen LogP contribution is 2.40. The van der Waals surface area contributed by atoms with Crippen LogP contribution in [-0.2, 0) is 14.8 Å². The van der Waals surface area contributed by atoms with Crippen molar-refractivity contribution in [2.45, 2.75) is 30.8 Å². The van der Waals surface area contributed by atoms with Crippen LogP contribution in [0.25, 0.3) is 0 Å². The van der Waals surface area contributed by atoms with Crippen LogP contribution >= 0.6 is 0 Å². The Kier molecular flexibility index (Phi) is 5.33. The Morgan fingerprint density at radius 3 is 2.45 bits per heavy atom. The number of fused-ring (bicyclic) bond motifs is 1. The van der Waals surface area contributed by atoms with Crippen molar-refractivity contribution in [3.63, 3.8) is 0 Å². The minimum atomic E-state index is -3.56. The van der Waals surface area contributed by atoms with Gasteiger partial charge in [-0.3, -0.25) is 4.79 Å². The van der Waals surface area contributed by atoms with Crippen LogP contribution < -0.4 is 10.1 Å². The molecule has 0 spiro atoms. The number of ether oxygens (including phenoxy) is 2. The van der Waals surface area contributed by atoms with E-state index in [-0.39, 0.29) is 22.8 Å². The highest BCUT2D eigenvalue weighted by molar-refractivity contribution is 7.89. The Bertz CT molecular complexity index is 1010. The van der Waals surface area contributed by atoms with Gasteiger partial charge >= 0.3 is 0 Å². The number of benzene rings is 2. The summed E-state index contributed by atoms with van der Waals surface area (Å²) in [6.07, 6.45) is 0.0172. The molecule has 29 heavy (non-hydrogen) atoms. The molecule has 2 aromatic rings. The van der Waals surface area contributed by atoms with Crippen LogP contribution in [0.2, 0.25) is 0 Å². The number of hydrogen-bond acceptors (Lipinski definition) is 5. The topological polar surface area (TPSA) is 84.9 Å². The zero-order valence-corrected chi connectivity index (χ0v) is 17.2.